The van der Waals surface area contributed by atoms with Gasteiger partial charge in [-0.1, -0.05) is 30.3 Å². The van der Waals surface area contributed by atoms with E-state index in [1.54, 1.807) is 19.1 Å². The summed E-state index contributed by atoms with van der Waals surface area (Å²) >= 11 is 0. The molecule has 100 valence electrons. The smallest absolute Gasteiger partial charge is 0.129 e. The lowest BCUT2D eigenvalue weighted by molar-refractivity contribution is 0.0989. The highest BCUT2D eigenvalue weighted by Gasteiger charge is 2.29. The predicted molar refractivity (Wildman–Crippen MR) is 74.6 cm³/mol. The quantitative estimate of drug-likeness (QED) is 0.777. The molecular weight excluding hydrogens is 255 g/mol. The van der Waals surface area contributed by atoms with Crippen molar-refractivity contribution in [2.24, 2.45) is 0 Å². The minimum atomic E-state index is -1.31. The van der Waals surface area contributed by atoms with Gasteiger partial charge >= 0.3 is 0 Å². The first-order valence-electron chi connectivity index (χ1n) is 6.27. The molecule has 0 spiro atoms. The van der Waals surface area contributed by atoms with Gasteiger partial charge in [0.1, 0.15) is 17.7 Å². The molecule has 0 fully saturated rings. The van der Waals surface area contributed by atoms with Crippen LogP contribution in [-0.4, -0.2) is 15.1 Å². The van der Waals surface area contributed by atoms with E-state index in [4.69, 9.17) is 0 Å². The highest BCUT2D eigenvalue weighted by atomic mass is 19.1. The van der Waals surface area contributed by atoms with Gasteiger partial charge in [0.2, 0.25) is 0 Å². The van der Waals surface area contributed by atoms with E-state index >= 15 is 0 Å². The molecule has 1 N–H and O–H groups in total. The monoisotopic (exact) mass is 268 g/mol. The van der Waals surface area contributed by atoms with Crippen molar-refractivity contribution in [3.63, 3.8) is 0 Å². The minimum absolute atomic E-state index is 0.336. The molecule has 0 amide bonds. The van der Waals surface area contributed by atoms with Crippen LogP contribution in [0.3, 0.4) is 0 Å². The van der Waals surface area contributed by atoms with Crippen molar-refractivity contribution >= 4 is 10.9 Å². The summed E-state index contributed by atoms with van der Waals surface area (Å²) in [5.41, 5.74) is 0.549. The number of hydrogen-bond acceptors (Lipinski definition) is 3. The van der Waals surface area contributed by atoms with Gasteiger partial charge < -0.3 is 5.11 Å². The van der Waals surface area contributed by atoms with E-state index in [1.807, 2.05) is 24.3 Å². The molecule has 3 nitrogen and oxygen atoms in total. The van der Waals surface area contributed by atoms with Crippen LogP contribution in [0.25, 0.3) is 10.9 Å². The average molecular weight is 268 g/mol. The van der Waals surface area contributed by atoms with Gasteiger partial charge in [-0.05, 0) is 30.7 Å². The second-order valence-corrected chi connectivity index (χ2v) is 4.82. The number of fused-ring (bicyclic) bond motifs is 1. The largest absolute Gasteiger partial charge is 0.379 e. The number of rotatable bonds is 2. The lowest BCUT2D eigenvalue weighted by Crippen LogP contribution is -2.24. The molecule has 1 unspecified atom stereocenters. The fourth-order valence-corrected chi connectivity index (χ4v) is 2.30. The van der Waals surface area contributed by atoms with E-state index < -0.39 is 5.60 Å². The first kappa shape index (κ1) is 12.7. The molecule has 1 aromatic heterocycles. The van der Waals surface area contributed by atoms with Gasteiger partial charge in [0.05, 0.1) is 11.2 Å². The molecular formula is C16H13FN2O. The van der Waals surface area contributed by atoms with Crippen LogP contribution >= 0.6 is 0 Å². The Morgan fingerprint density at radius 2 is 1.70 bits per heavy atom. The maximum absolute atomic E-state index is 13.0. The lowest BCUT2D eigenvalue weighted by atomic mass is 9.90. The Kier molecular flexibility index (Phi) is 2.95. The van der Waals surface area contributed by atoms with Gasteiger partial charge in [-0.2, -0.15) is 0 Å². The normalized spacial score (nSPS) is 14.2. The van der Waals surface area contributed by atoms with Crippen LogP contribution in [0, 0.1) is 5.82 Å². The summed E-state index contributed by atoms with van der Waals surface area (Å²) in [6, 6.07) is 13.3. The molecule has 0 aliphatic rings. The van der Waals surface area contributed by atoms with Crippen molar-refractivity contribution < 1.29 is 9.50 Å². The van der Waals surface area contributed by atoms with Crippen LogP contribution in [0.15, 0.2) is 54.9 Å². The fraction of sp³-hybridized carbons (Fsp3) is 0.125. The van der Waals surface area contributed by atoms with Crippen molar-refractivity contribution in [3.05, 3.63) is 71.9 Å². The van der Waals surface area contributed by atoms with Gasteiger partial charge in [0.15, 0.2) is 0 Å². The Hall–Kier alpha value is -2.33. The van der Waals surface area contributed by atoms with Gasteiger partial charge in [-0.15, -0.1) is 0 Å². The van der Waals surface area contributed by atoms with Gasteiger partial charge in [0, 0.05) is 5.39 Å². The third kappa shape index (κ3) is 2.04. The first-order chi connectivity index (χ1) is 9.59. The summed E-state index contributed by atoms with van der Waals surface area (Å²) in [7, 11) is 0. The first-order valence-corrected chi connectivity index (χ1v) is 6.27. The van der Waals surface area contributed by atoms with Gasteiger partial charge in [0.25, 0.3) is 0 Å². The number of hydrogen-bond donors (Lipinski definition) is 1. The molecule has 2 aromatic carbocycles. The maximum atomic E-state index is 13.0. The third-order valence-corrected chi connectivity index (χ3v) is 3.41. The van der Waals surface area contributed by atoms with Crippen molar-refractivity contribution in [3.8, 4) is 0 Å². The van der Waals surface area contributed by atoms with E-state index in [1.165, 1.54) is 18.5 Å². The Balaban J connectivity index is 2.20. The minimum Gasteiger partial charge on any atom is -0.379 e. The molecule has 1 atom stereocenters. The van der Waals surface area contributed by atoms with Crippen molar-refractivity contribution in [2.75, 3.05) is 0 Å². The van der Waals surface area contributed by atoms with Crippen LogP contribution in [-0.2, 0) is 5.60 Å². The van der Waals surface area contributed by atoms with Crippen LogP contribution in [0.4, 0.5) is 4.39 Å². The Morgan fingerprint density at radius 3 is 2.45 bits per heavy atom. The molecule has 3 aromatic rings. The molecule has 0 saturated heterocycles. The summed E-state index contributed by atoms with van der Waals surface area (Å²) < 4.78 is 13.0. The molecule has 0 aliphatic heterocycles. The second-order valence-electron chi connectivity index (χ2n) is 4.82. The van der Waals surface area contributed by atoms with Crippen LogP contribution in [0.5, 0.6) is 0 Å². The van der Waals surface area contributed by atoms with E-state index in [-0.39, 0.29) is 5.82 Å². The zero-order valence-corrected chi connectivity index (χ0v) is 10.9. The molecule has 0 saturated carbocycles. The SMILES string of the molecule is CC(O)(c1ccc(F)cc1)c1ncnc2ccccc12. The number of nitrogens with zero attached hydrogens (tertiary/aromatic N) is 2. The third-order valence-electron chi connectivity index (χ3n) is 3.41. The van der Waals surface area contributed by atoms with Crippen molar-refractivity contribution in [2.45, 2.75) is 12.5 Å². The highest BCUT2D eigenvalue weighted by Crippen LogP contribution is 2.31. The Morgan fingerprint density at radius 1 is 1.00 bits per heavy atom. The van der Waals surface area contributed by atoms with Gasteiger partial charge in [-0.3, -0.25) is 0 Å². The van der Waals surface area contributed by atoms with Gasteiger partial charge in [-0.25, -0.2) is 14.4 Å². The summed E-state index contributed by atoms with van der Waals surface area (Å²) in [4.78, 5) is 8.40. The number of para-hydroxylation sites is 1. The molecule has 0 radical (unpaired) electrons. The standard InChI is InChI=1S/C16H13FN2O/c1-16(20,11-6-8-12(17)9-7-11)15-13-4-2-3-5-14(13)18-10-19-15/h2-10,20H,1H3. The fourth-order valence-electron chi connectivity index (χ4n) is 2.30. The molecule has 20 heavy (non-hydrogen) atoms. The van der Waals surface area contributed by atoms with Crippen molar-refractivity contribution in [1.29, 1.82) is 0 Å². The highest BCUT2D eigenvalue weighted by molar-refractivity contribution is 5.81. The lowest BCUT2D eigenvalue weighted by Gasteiger charge is -2.24. The average Bonchev–Trinajstić information content (AvgIpc) is 2.47. The molecule has 0 bridgehead atoms. The second kappa shape index (κ2) is 4.65. The number of halogens is 1. The van der Waals surface area contributed by atoms with E-state index in [2.05, 4.69) is 9.97 Å². The summed E-state index contributed by atoms with van der Waals surface area (Å²) in [6.07, 6.45) is 1.43. The maximum Gasteiger partial charge on any atom is 0.129 e. The van der Waals surface area contributed by atoms with Crippen LogP contribution < -0.4 is 0 Å². The van der Waals surface area contributed by atoms with Crippen LogP contribution in [0.2, 0.25) is 0 Å². The van der Waals surface area contributed by atoms with Crippen LogP contribution in [0.1, 0.15) is 18.2 Å². The summed E-state index contributed by atoms with van der Waals surface area (Å²) in [5, 5.41) is 11.6. The molecule has 0 aliphatic carbocycles. The molecule has 1 heterocycles. The predicted octanol–water partition coefficient (Wildman–Crippen LogP) is 3.02. The summed E-state index contributed by atoms with van der Waals surface area (Å²) in [5.74, 6) is -0.336. The summed E-state index contributed by atoms with van der Waals surface area (Å²) in [6.45, 7) is 1.65. The molecule has 3 rings (SSSR count). The van der Waals surface area contributed by atoms with E-state index in [0.717, 1.165) is 10.9 Å². The zero-order chi connectivity index (χ0) is 14.2. The van der Waals surface area contributed by atoms with Crippen molar-refractivity contribution in [1.82, 2.24) is 9.97 Å². The number of aromatic nitrogens is 2. The number of benzene rings is 2. The number of aliphatic hydroxyl groups is 1. The molecule has 4 heteroatoms. The van der Waals surface area contributed by atoms with E-state index in [0.29, 0.717) is 11.3 Å². The Labute approximate surface area is 115 Å². The van der Waals surface area contributed by atoms with E-state index in [9.17, 15) is 9.50 Å². The Bertz CT molecular complexity index is 749. The topological polar surface area (TPSA) is 46.0 Å². The zero-order valence-electron chi connectivity index (χ0n) is 10.9.